The third-order valence-corrected chi connectivity index (χ3v) is 2.86. The quantitative estimate of drug-likeness (QED) is 0.876. The number of hydrogen-bond donors (Lipinski definition) is 1. The Morgan fingerprint density at radius 2 is 1.79 bits per heavy atom. The van der Waals surface area contributed by atoms with Gasteiger partial charge in [0.1, 0.15) is 5.82 Å². The predicted octanol–water partition coefficient (Wildman–Crippen LogP) is 4.08. The molecule has 0 aliphatic carbocycles. The molecule has 0 fully saturated rings. The minimum absolute atomic E-state index is 0.134. The topological polar surface area (TPSA) is 29.1 Å². The summed E-state index contributed by atoms with van der Waals surface area (Å²) in [6.07, 6.45) is 0.867. The maximum absolute atomic E-state index is 13.0. The fraction of sp³-hybridized carbons (Fsp3) is 0.562. The first-order valence-corrected chi connectivity index (χ1v) is 6.59. The molecule has 0 saturated carbocycles. The van der Waals surface area contributed by atoms with Gasteiger partial charge in [0.05, 0.1) is 0 Å². The number of carbonyl (C=O) groups is 1. The van der Waals surface area contributed by atoms with E-state index in [0.717, 1.165) is 6.42 Å². The van der Waals surface area contributed by atoms with Crippen LogP contribution in [0.15, 0.2) is 18.2 Å². The minimum atomic E-state index is -0.317. The Bertz CT molecular complexity index is 472. The van der Waals surface area contributed by atoms with Crippen LogP contribution >= 0.6 is 0 Å². The smallest absolute Gasteiger partial charge is 0.251 e. The predicted molar refractivity (Wildman–Crippen MR) is 76.8 cm³/mol. The summed E-state index contributed by atoms with van der Waals surface area (Å²) in [5.74, 6) is -0.463. The maximum atomic E-state index is 13.0. The average Bonchev–Trinajstić information content (AvgIpc) is 2.11. The third-order valence-electron chi connectivity index (χ3n) is 2.86. The van der Waals surface area contributed by atoms with Gasteiger partial charge in [0.25, 0.3) is 5.91 Å². The van der Waals surface area contributed by atoms with Crippen molar-refractivity contribution in [2.75, 3.05) is 0 Å². The summed E-state index contributed by atoms with van der Waals surface area (Å²) in [7, 11) is 0. The number of benzene rings is 1. The summed E-state index contributed by atoms with van der Waals surface area (Å²) < 4.78 is 13.0. The summed E-state index contributed by atoms with van der Waals surface area (Å²) in [6.45, 7) is 12.2. The van der Waals surface area contributed by atoms with Gasteiger partial charge in [-0.3, -0.25) is 4.79 Å². The van der Waals surface area contributed by atoms with Crippen molar-refractivity contribution in [3.8, 4) is 0 Å². The summed E-state index contributed by atoms with van der Waals surface area (Å²) in [5, 5.41) is 3.03. The zero-order valence-electron chi connectivity index (χ0n) is 12.7. The number of amides is 1. The molecule has 106 valence electrons. The van der Waals surface area contributed by atoms with Crippen molar-refractivity contribution in [1.82, 2.24) is 5.32 Å². The number of aryl methyl sites for hydroxylation is 1. The van der Waals surface area contributed by atoms with Gasteiger partial charge in [-0.2, -0.15) is 0 Å². The van der Waals surface area contributed by atoms with Crippen LogP contribution in [0.3, 0.4) is 0 Å². The molecule has 0 radical (unpaired) electrons. The lowest BCUT2D eigenvalue weighted by molar-refractivity contribution is 0.0891. The van der Waals surface area contributed by atoms with Crippen LogP contribution in [0.4, 0.5) is 4.39 Å². The van der Waals surface area contributed by atoms with Crippen molar-refractivity contribution >= 4 is 5.91 Å². The van der Waals surface area contributed by atoms with E-state index in [0.29, 0.717) is 11.1 Å². The van der Waals surface area contributed by atoms with Crippen LogP contribution in [0, 0.1) is 18.2 Å². The Morgan fingerprint density at radius 1 is 1.21 bits per heavy atom. The zero-order chi connectivity index (χ0) is 14.8. The summed E-state index contributed by atoms with van der Waals surface area (Å²) >= 11 is 0. The molecule has 0 saturated heterocycles. The molecule has 0 aromatic heterocycles. The van der Waals surface area contributed by atoms with E-state index in [1.54, 1.807) is 6.92 Å². The van der Waals surface area contributed by atoms with E-state index in [1.165, 1.54) is 18.2 Å². The van der Waals surface area contributed by atoms with E-state index in [9.17, 15) is 9.18 Å². The molecule has 3 heteroatoms. The number of halogens is 1. The van der Waals surface area contributed by atoms with Gasteiger partial charge in [0, 0.05) is 11.1 Å². The van der Waals surface area contributed by atoms with E-state index < -0.39 is 0 Å². The van der Waals surface area contributed by atoms with Crippen LogP contribution in [0.25, 0.3) is 0 Å². The Balaban J connectivity index is 2.84. The first-order chi connectivity index (χ1) is 8.50. The first-order valence-electron chi connectivity index (χ1n) is 6.59. The lowest BCUT2D eigenvalue weighted by atomic mass is 9.81. The van der Waals surface area contributed by atoms with Gasteiger partial charge in [-0.15, -0.1) is 0 Å². The van der Waals surface area contributed by atoms with Crippen LogP contribution in [0.5, 0.6) is 0 Å². The monoisotopic (exact) mass is 265 g/mol. The van der Waals surface area contributed by atoms with Gasteiger partial charge in [0.2, 0.25) is 0 Å². The Kier molecular flexibility index (Phi) is 4.39. The number of carbonyl (C=O) groups excluding carboxylic acids is 1. The van der Waals surface area contributed by atoms with Crippen LogP contribution in [0.1, 0.15) is 57.0 Å². The van der Waals surface area contributed by atoms with Crippen molar-refractivity contribution < 1.29 is 9.18 Å². The number of nitrogens with one attached hydrogen (secondary N) is 1. The molecule has 0 heterocycles. The molecule has 0 bridgehead atoms. The molecule has 0 aliphatic rings. The first kappa shape index (κ1) is 15.7. The fourth-order valence-electron chi connectivity index (χ4n) is 2.63. The molecule has 1 amide bonds. The molecular formula is C16H24FNO. The molecule has 0 aliphatic heterocycles. The second-order valence-electron chi connectivity index (χ2n) is 7.03. The highest BCUT2D eigenvalue weighted by molar-refractivity contribution is 5.96. The van der Waals surface area contributed by atoms with Crippen LogP contribution in [-0.4, -0.2) is 11.4 Å². The molecule has 0 spiro atoms. The van der Waals surface area contributed by atoms with E-state index in [1.807, 2.05) is 13.8 Å². The highest BCUT2D eigenvalue weighted by Gasteiger charge is 2.27. The van der Waals surface area contributed by atoms with Gasteiger partial charge < -0.3 is 5.32 Å². The second-order valence-corrected chi connectivity index (χ2v) is 7.03. The SMILES string of the molecule is Cc1cc(F)ccc1C(=O)NC(C)(C)CC(C)(C)C. The van der Waals surface area contributed by atoms with Crippen LogP contribution < -0.4 is 5.32 Å². The van der Waals surface area contributed by atoms with Crippen LogP contribution in [-0.2, 0) is 0 Å². The molecule has 1 aromatic rings. The standard InChI is InChI=1S/C16H24FNO/c1-11-9-12(17)7-8-13(11)14(19)18-16(5,6)10-15(2,3)4/h7-9H,10H2,1-6H3,(H,18,19). The van der Waals surface area contributed by atoms with Crippen LogP contribution in [0.2, 0.25) is 0 Å². The van der Waals surface area contributed by atoms with Crippen molar-refractivity contribution in [3.63, 3.8) is 0 Å². The van der Waals surface area contributed by atoms with Gasteiger partial charge in [0.15, 0.2) is 0 Å². The molecule has 2 nitrogen and oxygen atoms in total. The second kappa shape index (κ2) is 5.32. The zero-order valence-corrected chi connectivity index (χ0v) is 12.7. The van der Waals surface area contributed by atoms with Gasteiger partial charge >= 0.3 is 0 Å². The van der Waals surface area contributed by atoms with Crippen molar-refractivity contribution in [2.24, 2.45) is 5.41 Å². The van der Waals surface area contributed by atoms with E-state index in [-0.39, 0.29) is 22.7 Å². The summed E-state index contributed by atoms with van der Waals surface area (Å²) in [6, 6.07) is 4.23. The van der Waals surface area contributed by atoms with Crippen molar-refractivity contribution in [2.45, 2.75) is 53.5 Å². The van der Waals surface area contributed by atoms with E-state index in [4.69, 9.17) is 0 Å². The third kappa shape index (κ3) is 5.01. The lowest BCUT2D eigenvalue weighted by Gasteiger charge is -2.33. The molecule has 1 N–H and O–H groups in total. The average molecular weight is 265 g/mol. The van der Waals surface area contributed by atoms with Gasteiger partial charge in [-0.05, 0) is 56.4 Å². The molecular weight excluding hydrogens is 241 g/mol. The molecule has 1 rings (SSSR count). The Labute approximate surface area is 115 Å². The van der Waals surface area contributed by atoms with E-state index >= 15 is 0 Å². The Morgan fingerprint density at radius 3 is 2.26 bits per heavy atom. The number of hydrogen-bond acceptors (Lipinski definition) is 1. The highest BCUT2D eigenvalue weighted by Crippen LogP contribution is 2.27. The molecule has 1 aromatic carbocycles. The Hall–Kier alpha value is -1.38. The number of rotatable bonds is 3. The summed E-state index contributed by atoms with van der Waals surface area (Å²) in [5.41, 5.74) is 1.03. The summed E-state index contributed by atoms with van der Waals surface area (Å²) in [4.78, 5) is 12.2. The fourth-order valence-corrected chi connectivity index (χ4v) is 2.63. The highest BCUT2D eigenvalue weighted by atomic mass is 19.1. The largest absolute Gasteiger partial charge is 0.347 e. The maximum Gasteiger partial charge on any atom is 0.251 e. The van der Waals surface area contributed by atoms with Gasteiger partial charge in [-0.1, -0.05) is 20.8 Å². The lowest BCUT2D eigenvalue weighted by Crippen LogP contribution is -2.46. The molecule has 19 heavy (non-hydrogen) atoms. The van der Waals surface area contributed by atoms with E-state index in [2.05, 4.69) is 26.1 Å². The molecule has 0 unspecified atom stereocenters. The van der Waals surface area contributed by atoms with Gasteiger partial charge in [-0.25, -0.2) is 4.39 Å². The minimum Gasteiger partial charge on any atom is -0.347 e. The molecule has 0 atom stereocenters. The normalized spacial score (nSPS) is 12.4. The van der Waals surface area contributed by atoms with Crippen molar-refractivity contribution in [3.05, 3.63) is 35.1 Å². The van der Waals surface area contributed by atoms with Crippen molar-refractivity contribution in [1.29, 1.82) is 0 Å².